The lowest BCUT2D eigenvalue weighted by Gasteiger charge is -2.31. The zero-order valence-electron chi connectivity index (χ0n) is 10.1. The molecule has 0 aliphatic heterocycles. The van der Waals surface area contributed by atoms with Gasteiger partial charge in [-0.05, 0) is 37.0 Å². The summed E-state index contributed by atoms with van der Waals surface area (Å²) in [7, 11) is 0. The minimum absolute atomic E-state index is 0.164. The van der Waals surface area contributed by atoms with Gasteiger partial charge in [0.15, 0.2) is 0 Å². The molecule has 0 saturated carbocycles. The minimum Gasteiger partial charge on any atom is -0.325 e. The maximum atomic E-state index is 13.0. The van der Waals surface area contributed by atoms with Gasteiger partial charge in [0.05, 0.1) is 5.02 Å². The fourth-order valence-corrected chi connectivity index (χ4v) is 1.93. The van der Waals surface area contributed by atoms with Crippen LogP contribution in [0.1, 0.15) is 32.8 Å². The first-order valence-electron chi connectivity index (χ1n) is 5.59. The molecule has 0 aliphatic rings. The summed E-state index contributed by atoms with van der Waals surface area (Å²) in [4.78, 5) is 0. The van der Waals surface area contributed by atoms with Gasteiger partial charge in [-0.1, -0.05) is 37.9 Å². The highest BCUT2D eigenvalue weighted by Gasteiger charge is 2.25. The Kier molecular flexibility index (Phi) is 4.34. The topological polar surface area (TPSA) is 26.0 Å². The van der Waals surface area contributed by atoms with Crippen LogP contribution in [0.4, 0.5) is 4.39 Å². The van der Waals surface area contributed by atoms with Crippen LogP contribution in [-0.4, -0.2) is 5.54 Å². The molecule has 1 nitrogen and oxygen atoms in total. The van der Waals surface area contributed by atoms with Gasteiger partial charge in [0.2, 0.25) is 0 Å². The van der Waals surface area contributed by atoms with Crippen LogP contribution in [0.2, 0.25) is 5.02 Å². The molecule has 90 valence electrons. The van der Waals surface area contributed by atoms with E-state index < -0.39 is 0 Å². The van der Waals surface area contributed by atoms with Crippen LogP contribution in [-0.2, 0) is 6.42 Å². The van der Waals surface area contributed by atoms with Crippen molar-refractivity contribution in [3.05, 3.63) is 34.6 Å². The zero-order chi connectivity index (χ0) is 12.3. The van der Waals surface area contributed by atoms with E-state index in [0.29, 0.717) is 12.3 Å². The van der Waals surface area contributed by atoms with Crippen LogP contribution in [0.25, 0.3) is 0 Å². The monoisotopic (exact) mass is 243 g/mol. The van der Waals surface area contributed by atoms with Gasteiger partial charge in [0.1, 0.15) is 5.82 Å². The summed E-state index contributed by atoms with van der Waals surface area (Å²) in [5.41, 5.74) is 6.96. The van der Waals surface area contributed by atoms with Crippen molar-refractivity contribution < 1.29 is 4.39 Å². The Morgan fingerprint density at radius 1 is 1.50 bits per heavy atom. The molecule has 16 heavy (non-hydrogen) atoms. The van der Waals surface area contributed by atoms with Gasteiger partial charge in [-0.2, -0.15) is 0 Å². The second-order valence-corrected chi connectivity index (χ2v) is 5.15. The molecule has 1 aromatic rings. The summed E-state index contributed by atoms with van der Waals surface area (Å²) < 4.78 is 13.0. The molecule has 2 unspecified atom stereocenters. The minimum atomic E-state index is -0.382. The fraction of sp³-hybridized carbons (Fsp3) is 0.538. The van der Waals surface area contributed by atoms with Crippen molar-refractivity contribution in [1.82, 2.24) is 0 Å². The maximum absolute atomic E-state index is 13.0. The highest BCUT2D eigenvalue weighted by atomic mass is 35.5. The lowest BCUT2D eigenvalue weighted by atomic mass is 9.81. The van der Waals surface area contributed by atoms with Crippen molar-refractivity contribution in [1.29, 1.82) is 0 Å². The molecule has 0 amide bonds. The van der Waals surface area contributed by atoms with Crippen molar-refractivity contribution in [3.8, 4) is 0 Å². The predicted octanol–water partition coefficient (Wildman–Crippen LogP) is 3.79. The van der Waals surface area contributed by atoms with E-state index >= 15 is 0 Å². The highest BCUT2D eigenvalue weighted by Crippen LogP contribution is 2.24. The molecule has 0 saturated heterocycles. The van der Waals surface area contributed by atoms with Gasteiger partial charge < -0.3 is 5.73 Å². The lowest BCUT2D eigenvalue weighted by molar-refractivity contribution is 0.306. The predicted molar refractivity (Wildman–Crippen MR) is 67.2 cm³/mol. The Bertz CT molecular complexity index is 363. The normalized spacial score (nSPS) is 16.9. The van der Waals surface area contributed by atoms with Crippen LogP contribution >= 0.6 is 11.6 Å². The Labute approximate surface area is 102 Å². The van der Waals surface area contributed by atoms with E-state index in [-0.39, 0.29) is 16.4 Å². The zero-order valence-corrected chi connectivity index (χ0v) is 10.8. The molecule has 0 aromatic heterocycles. The van der Waals surface area contributed by atoms with Crippen LogP contribution in [0.15, 0.2) is 18.2 Å². The van der Waals surface area contributed by atoms with Crippen molar-refractivity contribution >= 4 is 11.6 Å². The average Bonchev–Trinajstić information content (AvgIpc) is 2.22. The average molecular weight is 244 g/mol. The van der Waals surface area contributed by atoms with Gasteiger partial charge in [0, 0.05) is 5.54 Å². The summed E-state index contributed by atoms with van der Waals surface area (Å²) in [6, 6.07) is 4.80. The third-order valence-corrected chi connectivity index (χ3v) is 3.60. The quantitative estimate of drug-likeness (QED) is 0.856. The van der Waals surface area contributed by atoms with Crippen LogP contribution < -0.4 is 5.73 Å². The first kappa shape index (κ1) is 13.5. The summed E-state index contributed by atoms with van der Waals surface area (Å²) in [5, 5.41) is 0.164. The molecule has 0 heterocycles. The number of rotatable bonds is 4. The third-order valence-electron chi connectivity index (χ3n) is 3.31. The van der Waals surface area contributed by atoms with E-state index in [1.54, 1.807) is 12.1 Å². The smallest absolute Gasteiger partial charge is 0.141 e. The second-order valence-electron chi connectivity index (χ2n) is 4.74. The first-order chi connectivity index (χ1) is 7.36. The summed E-state index contributed by atoms with van der Waals surface area (Å²) in [6.07, 6.45) is 1.74. The van der Waals surface area contributed by atoms with Crippen molar-refractivity contribution in [2.75, 3.05) is 0 Å². The lowest BCUT2D eigenvalue weighted by Crippen LogP contribution is -2.44. The van der Waals surface area contributed by atoms with Crippen LogP contribution in [0.3, 0.4) is 0 Å². The first-order valence-corrected chi connectivity index (χ1v) is 5.97. The number of hydrogen-bond acceptors (Lipinski definition) is 1. The number of benzene rings is 1. The van der Waals surface area contributed by atoms with E-state index in [0.717, 1.165) is 12.0 Å². The summed E-state index contributed by atoms with van der Waals surface area (Å²) >= 11 is 5.74. The van der Waals surface area contributed by atoms with E-state index in [1.807, 2.05) is 6.92 Å². The van der Waals surface area contributed by atoms with Crippen molar-refractivity contribution in [2.45, 2.75) is 39.2 Å². The molecule has 2 atom stereocenters. The molecule has 0 aliphatic carbocycles. The third kappa shape index (κ3) is 3.19. The van der Waals surface area contributed by atoms with E-state index in [2.05, 4.69) is 13.8 Å². The standard InChI is InChI=1S/C13H19ClFN/c1-4-9(2)13(3,16)8-10-5-6-12(15)11(14)7-10/h5-7,9H,4,8,16H2,1-3H3. The van der Waals surface area contributed by atoms with Crippen molar-refractivity contribution in [2.24, 2.45) is 11.7 Å². The van der Waals surface area contributed by atoms with E-state index in [1.165, 1.54) is 6.07 Å². The Hall–Kier alpha value is -0.600. The molecule has 0 radical (unpaired) electrons. The van der Waals surface area contributed by atoms with Crippen molar-refractivity contribution in [3.63, 3.8) is 0 Å². The summed E-state index contributed by atoms with van der Waals surface area (Å²) in [5.74, 6) is 0.0315. The van der Waals surface area contributed by atoms with Gasteiger partial charge >= 0.3 is 0 Å². The Morgan fingerprint density at radius 2 is 2.12 bits per heavy atom. The fourth-order valence-electron chi connectivity index (χ4n) is 1.73. The molecule has 1 aromatic carbocycles. The molecule has 0 bridgehead atoms. The van der Waals surface area contributed by atoms with Gasteiger partial charge in [-0.3, -0.25) is 0 Å². The van der Waals surface area contributed by atoms with Gasteiger partial charge in [-0.15, -0.1) is 0 Å². The molecule has 0 spiro atoms. The van der Waals surface area contributed by atoms with Gasteiger partial charge in [0.25, 0.3) is 0 Å². The van der Waals surface area contributed by atoms with E-state index in [9.17, 15) is 4.39 Å². The SMILES string of the molecule is CCC(C)C(C)(N)Cc1ccc(F)c(Cl)c1. The largest absolute Gasteiger partial charge is 0.325 e. The van der Waals surface area contributed by atoms with Gasteiger partial charge in [-0.25, -0.2) is 4.39 Å². The molecule has 1 rings (SSSR count). The Morgan fingerprint density at radius 3 is 2.62 bits per heavy atom. The number of halogens is 2. The summed E-state index contributed by atoms with van der Waals surface area (Å²) in [6.45, 7) is 6.27. The molecular formula is C13H19ClFN. The van der Waals surface area contributed by atoms with Crippen LogP contribution in [0.5, 0.6) is 0 Å². The molecular weight excluding hydrogens is 225 g/mol. The molecule has 3 heteroatoms. The second kappa shape index (κ2) is 5.15. The maximum Gasteiger partial charge on any atom is 0.141 e. The van der Waals surface area contributed by atoms with E-state index in [4.69, 9.17) is 17.3 Å². The van der Waals surface area contributed by atoms with Crippen LogP contribution in [0, 0.1) is 11.7 Å². The number of hydrogen-bond donors (Lipinski definition) is 1. The number of nitrogens with two attached hydrogens (primary N) is 1. The molecule has 2 N–H and O–H groups in total. The Balaban J connectivity index is 2.84. The highest BCUT2D eigenvalue weighted by molar-refractivity contribution is 6.30. The molecule has 0 fully saturated rings.